The van der Waals surface area contributed by atoms with E-state index in [1.165, 1.54) is 0 Å². The number of ether oxygens (including phenoxy) is 1. The van der Waals surface area contributed by atoms with Gasteiger partial charge in [-0.1, -0.05) is 72.3 Å². The SMILES string of the molecule is O=C(NC(c1ccccc1)c1ccccc1)N1CCCC(Oc2ccncc2Cl)C1. The highest BCUT2D eigenvalue weighted by atomic mass is 35.5. The number of pyridine rings is 1. The zero-order valence-corrected chi connectivity index (χ0v) is 17.3. The van der Waals surface area contributed by atoms with Crippen molar-refractivity contribution >= 4 is 17.6 Å². The van der Waals surface area contributed by atoms with Crippen LogP contribution < -0.4 is 10.1 Å². The average Bonchev–Trinajstić information content (AvgIpc) is 2.80. The molecule has 1 unspecified atom stereocenters. The van der Waals surface area contributed by atoms with Gasteiger partial charge in [0, 0.05) is 25.0 Å². The van der Waals surface area contributed by atoms with Crippen LogP contribution >= 0.6 is 11.6 Å². The predicted molar refractivity (Wildman–Crippen MR) is 118 cm³/mol. The molecular formula is C24H24ClN3O2. The molecule has 3 aromatic rings. The average molecular weight is 422 g/mol. The molecule has 30 heavy (non-hydrogen) atoms. The summed E-state index contributed by atoms with van der Waals surface area (Å²) >= 11 is 6.17. The summed E-state index contributed by atoms with van der Waals surface area (Å²) in [5, 5.41) is 3.69. The summed E-state index contributed by atoms with van der Waals surface area (Å²) in [6, 6.07) is 21.5. The molecule has 0 spiro atoms. The Morgan fingerprint density at radius 1 is 1.07 bits per heavy atom. The first-order chi connectivity index (χ1) is 14.7. The number of nitrogens with one attached hydrogen (secondary N) is 1. The molecule has 2 aromatic carbocycles. The van der Waals surface area contributed by atoms with Crippen molar-refractivity contribution < 1.29 is 9.53 Å². The molecule has 1 N–H and O–H groups in total. The number of rotatable bonds is 5. The number of carbonyl (C=O) groups excluding carboxylic acids is 1. The summed E-state index contributed by atoms with van der Waals surface area (Å²) in [6.07, 6.45) is 4.87. The van der Waals surface area contributed by atoms with Crippen molar-refractivity contribution in [3.63, 3.8) is 0 Å². The number of urea groups is 1. The molecule has 0 bridgehead atoms. The van der Waals surface area contributed by atoms with Gasteiger partial charge < -0.3 is 15.0 Å². The van der Waals surface area contributed by atoms with Crippen LogP contribution in [0.3, 0.4) is 0 Å². The summed E-state index contributed by atoms with van der Waals surface area (Å²) in [5.74, 6) is 0.602. The number of likely N-dealkylation sites (tertiary alicyclic amines) is 1. The van der Waals surface area contributed by atoms with Crippen LogP contribution in [0.4, 0.5) is 4.79 Å². The molecule has 0 aliphatic carbocycles. The summed E-state index contributed by atoms with van der Waals surface area (Å²) in [4.78, 5) is 18.9. The van der Waals surface area contributed by atoms with E-state index < -0.39 is 0 Å². The molecule has 1 atom stereocenters. The molecule has 6 heteroatoms. The Morgan fingerprint density at radius 3 is 2.37 bits per heavy atom. The molecule has 5 nitrogen and oxygen atoms in total. The number of hydrogen-bond donors (Lipinski definition) is 1. The minimum atomic E-state index is -0.212. The maximum atomic E-state index is 13.1. The van der Waals surface area contributed by atoms with Gasteiger partial charge in [0.15, 0.2) is 0 Å². The number of carbonyl (C=O) groups is 1. The molecule has 1 aliphatic rings. The van der Waals surface area contributed by atoms with Crippen molar-refractivity contribution in [2.75, 3.05) is 13.1 Å². The normalized spacial score (nSPS) is 16.3. The second-order valence-electron chi connectivity index (χ2n) is 7.34. The van der Waals surface area contributed by atoms with Gasteiger partial charge in [0.25, 0.3) is 0 Å². The third-order valence-electron chi connectivity index (χ3n) is 5.23. The number of piperidine rings is 1. The van der Waals surface area contributed by atoms with Crippen molar-refractivity contribution in [3.05, 3.63) is 95.3 Å². The molecule has 1 saturated heterocycles. The lowest BCUT2D eigenvalue weighted by atomic mass is 9.99. The first kappa shape index (κ1) is 20.2. The Balaban J connectivity index is 1.46. The highest BCUT2D eigenvalue weighted by Crippen LogP contribution is 2.26. The first-order valence-corrected chi connectivity index (χ1v) is 10.5. The van der Waals surface area contributed by atoms with Crippen LogP contribution in [0.5, 0.6) is 5.75 Å². The number of hydrogen-bond acceptors (Lipinski definition) is 3. The molecule has 0 radical (unpaired) electrons. The standard InChI is InChI=1S/C24H24ClN3O2/c25-21-16-26-14-13-22(21)30-20-12-7-15-28(17-20)24(29)27-23(18-8-3-1-4-9-18)19-10-5-2-6-11-19/h1-6,8-11,13-14,16,20,23H,7,12,15,17H2,(H,27,29). The minimum Gasteiger partial charge on any atom is -0.487 e. The van der Waals surface area contributed by atoms with Crippen LogP contribution in [-0.2, 0) is 0 Å². The number of nitrogens with zero attached hydrogens (tertiary/aromatic N) is 2. The highest BCUT2D eigenvalue weighted by molar-refractivity contribution is 6.31. The van der Waals surface area contributed by atoms with Crippen molar-refractivity contribution in [1.82, 2.24) is 15.2 Å². The fourth-order valence-electron chi connectivity index (χ4n) is 3.72. The van der Waals surface area contributed by atoms with Crippen LogP contribution in [0.1, 0.15) is 30.0 Å². The second-order valence-corrected chi connectivity index (χ2v) is 7.75. The highest BCUT2D eigenvalue weighted by Gasteiger charge is 2.27. The van der Waals surface area contributed by atoms with Crippen LogP contribution in [0.25, 0.3) is 0 Å². The summed E-state index contributed by atoms with van der Waals surface area (Å²) in [7, 11) is 0. The Morgan fingerprint density at radius 2 is 1.73 bits per heavy atom. The summed E-state index contributed by atoms with van der Waals surface area (Å²) < 4.78 is 6.05. The van der Waals surface area contributed by atoms with E-state index in [4.69, 9.17) is 16.3 Å². The number of amides is 2. The van der Waals surface area contributed by atoms with E-state index in [0.717, 1.165) is 24.0 Å². The molecule has 1 aromatic heterocycles. The van der Waals surface area contributed by atoms with E-state index in [2.05, 4.69) is 10.3 Å². The van der Waals surface area contributed by atoms with E-state index in [0.29, 0.717) is 23.9 Å². The van der Waals surface area contributed by atoms with Crippen molar-refractivity contribution in [3.8, 4) is 5.75 Å². The molecule has 2 heterocycles. The lowest BCUT2D eigenvalue weighted by Crippen LogP contribution is -2.49. The van der Waals surface area contributed by atoms with Gasteiger partial charge in [-0.15, -0.1) is 0 Å². The smallest absolute Gasteiger partial charge is 0.318 e. The summed E-state index contributed by atoms with van der Waals surface area (Å²) in [5.41, 5.74) is 2.09. The van der Waals surface area contributed by atoms with Gasteiger partial charge in [-0.05, 0) is 24.0 Å². The number of halogens is 1. The zero-order chi connectivity index (χ0) is 20.8. The fraction of sp³-hybridized carbons (Fsp3) is 0.250. The van der Waals surface area contributed by atoms with Gasteiger partial charge in [0.1, 0.15) is 16.9 Å². The molecule has 4 rings (SSSR count). The maximum absolute atomic E-state index is 13.1. The van der Waals surface area contributed by atoms with E-state index in [1.807, 2.05) is 65.6 Å². The largest absolute Gasteiger partial charge is 0.487 e. The topological polar surface area (TPSA) is 54.5 Å². The van der Waals surface area contributed by atoms with Crippen LogP contribution in [0.15, 0.2) is 79.1 Å². The maximum Gasteiger partial charge on any atom is 0.318 e. The molecule has 2 amide bonds. The Kier molecular flexibility index (Phi) is 6.50. The molecular weight excluding hydrogens is 398 g/mol. The summed E-state index contributed by atoms with van der Waals surface area (Å²) in [6.45, 7) is 1.22. The van der Waals surface area contributed by atoms with E-state index in [1.54, 1.807) is 18.5 Å². The van der Waals surface area contributed by atoms with Crippen LogP contribution in [0.2, 0.25) is 5.02 Å². The first-order valence-electron chi connectivity index (χ1n) is 10.1. The van der Waals surface area contributed by atoms with Gasteiger partial charge >= 0.3 is 6.03 Å². The second kappa shape index (κ2) is 9.63. The van der Waals surface area contributed by atoms with E-state index in [9.17, 15) is 4.79 Å². The van der Waals surface area contributed by atoms with E-state index in [-0.39, 0.29) is 18.2 Å². The van der Waals surface area contributed by atoms with Gasteiger partial charge in [0.2, 0.25) is 0 Å². The Labute approximate surface area is 181 Å². The van der Waals surface area contributed by atoms with E-state index >= 15 is 0 Å². The Bertz CT molecular complexity index is 929. The third-order valence-corrected chi connectivity index (χ3v) is 5.51. The third kappa shape index (κ3) is 4.92. The van der Waals surface area contributed by atoms with Crippen LogP contribution in [0, 0.1) is 0 Å². The van der Waals surface area contributed by atoms with Gasteiger partial charge in [-0.25, -0.2) is 4.79 Å². The van der Waals surface area contributed by atoms with Crippen molar-refractivity contribution in [2.24, 2.45) is 0 Å². The van der Waals surface area contributed by atoms with Gasteiger partial charge in [-0.2, -0.15) is 0 Å². The van der Waals surface area contributed by atoms with Crippen LogP contribution in [-0.4, -0.2) is 35.1 Å². The number of benzene rings is 2. The zero-order valence-electron chi connectivity index (χ0n) is 16.6. The minimum absolute atomic E-state index is 0.0955. The lowest BCUT2D eigenvalue weighted by molar-refractivity contribution is 0.101. The fourth-order valence-corrected chi connectivity index (χ4v) is 3.89. The van der Waals surface area contributed by atoms with Gasteiger partial charge in [-0.3, -0.25) is 4.98 Å². The number of aromatic nitrogens is 1. The molecule has 154 valence electrons. The molecule has 1 aliphatic heterocycles. The van der Waals surface area contributed by atoms with Gasteiger partial charge in [0.05, 0.1) is 12.6 Å². The lowest BCUT2D eigenvalue weighted by Gasteiger charge is -2.34. The Hall–Kier alpha value is -3.05. The van der Waals surface area contributed by atoms with Crippen molar-refractivity contribution in [1.29, 1.82) is 0 Å². The quantitative estimate of drug-likeness (QED) is 0.625. The monoisotopic (exact) mass is 421 g/mol. The molecule has 1 fully saturated rings. The van der Waals surface area contributed by atoms with Crippen molar-refractivity contribution in [2.45, 2.75) is 25.0 Å². The molecule has 0 saturated carbocycles. The predicted octanol–water partition coefficient (Wildman–Crippen LogP) is 5.08.